The monoisotopic (exact) mass is 440 g/mol. The molecule has 5 heteroatoms. The summed E-state index contributed by atoms with van der Waals surface area (Å²) in [5.74, 6) is 0.783. The van der Waals surface area contributed by atoms with Crippen LogP contribution >= 0.6 is 0 Å². The van der Waals surface area contributed by atoms with Crippen LogP contribution in [0.15, 0.2) is 103 Å². The van der Waals surface area contributed by atoms with Crippen LogP contribution in [-0.4, -0.2) is 31.8 Å². The predicted octanol–water partition coefficient (Wildman–Crippen LogP) is 5.18. The molecule has 3 aromatic rings. The molecule has 1 atom stereocenters. The van der Waals surface area contributed by atoms with Gasteiger partial charge in [-0.2, -0.15) is 0 Å². The molecule has 0 bridgehead atoms. The first-order valence-electron chi connectivity index (χ1n) is 10.9. The summed E-state index contributed by atoms with van der Waals surface area (Å²) in [6, 6.07) is 25.2. The quantitative estimate of drug-likeness (QED) is 0.231. The number of nitrogens with two attached hydrogens (primary N) is 1. The number of benzene rings is 3. The van der Waals surface area contributed by atoms with Gasteiger partial charge in [-0.1, -0.05) is 61.2 Å². The molecule has 0 spiro atoms. The van der Waals surface area contributed by atoms with Crippen molar-refractivity contribution in [2.24, 2.45) is 0 Å². The van der Waals surface area contributed by atoms with Gasteiger partial charge in [0.25, 0.3) is 0 Å². The van der Waals surface area contributed by atoms with E-state index in [0.717, 1.165) is 39.4 Å². The van der Waals surface area contributed by atoms with E-state index in [1.54, 1.807) is 6.08 Å². The molecular weight excluding hydrogens is 408 g/mol. The molecule has 0 fully saturated rings. The molecule has 1 unspecified atom stereocenters. The summed E-state index contributed by atoms with van der Waals surface area (Å²) >= 11 is 0. The van der Waals surface area contributed by atoms with Crippen molar-refractivity contribution in [2.45, 2.75) is 12.6 Å². The van der Waals surface area contributed by atoms with E-state index < -0.39 is 0 Å². The second-order valence-corrected chi connectivity index (χ2v) is 7.96. The number of nitrogen functional groups attached to an aromatic ring is 1. The Balaban J connectivity index is 1.89. The molecule has 0 saturated heterocycles. The third-order valence-electron chi connectivity index (χ3n) is 5.46. The lowest BCUT2D eigenvalue weighted by Crippen LogP contribution is -2.28. The summed E-state index contributed by atoms with van der Waals surface area (Å²) in [7, 11) is 5.84. The lowest BCUT2D eigenvalue weighted by molar-refractivity contribution is 0.306. The van der Waals surface area contributed by atoms with E-state index >= 15 is 0 Å². The first-order valence-corrected chi connectivity index (χ1v) is 10.9. The molecule has 3 rings (SSSR count). The van der Waals surface area contributed by atoms with E-state index in [2.05, 4.69) is 11.9 Å². The second-order valence-electron chi connectivity index (χ2n) is 7.96. The van der Waals surface area contributed by atoms with Gasteiger partial charge in [-0.05, 0) is 54.1 Å². The first kappa shape index (κ1) is 23.8. The molecule has 0 heterocycles. The van der Waals surface area contributed by atoms with Gasteiger partial charge in [-0.3, -0.25) is 5.41 Å². The molecule has 0 aliphatic carbocycles. The molecule has 170 valence electrons. The van der Waals surface area contributed by atoms with E-state index in [4.69, 9.17) is 15.9 Å². The SMILES string of the molecule is C=C/C(=C(/C(=N)c1ccccc1)C(NC)c1ccc(OCc2ccc(N)cc2)cc1)N(C)C. The van der Waals surface area contributed by atoms with Crippen LogP contribution in [0.3, 0.4) is 0 Å². The molecule has 33 heavy (non-hydrogen) atoms. The summed E-state index contributed by atoms with van der Waals surface area (Å²) in [4.78, 5) is 1.99. The van der Waals surface area contributed by atoms with Crippen LogP contribution in [0.5, 0.6) is 5.75 Å². The van der Waals surface area contributed by atoms with E-state index in [0.29, 0.717) is 12.3 Å². The minimum Gasteiger partial charge on any atom is -0.489 e. The van der Waals surface area contributed by atoms with Gasteiger partial charge < -0.3 is 20.7 Å². The molecule has 0 saturated carbocycles. The Morgan fingerprint density at radius 2 is 1.67 bits per heavy atom. The Hall–Kier alpha value is -3.83. The number of rotatable bonds is 10. The number of hydrogen-bond acceptors (Lipinski definition) is 5. The van der Waals surface area contributed by atoms with Crippen LogP contribution in [-0.2, 0) is 6.61 Å². The highest BCUT2D eigenvalue weighted by Gasteiger charge is 2.24. The molecule has 0 amide bonds. The zero-order chi connectivity index (χ0) is 23.8. The zero-order valence-electron chi connectivity index (χ0n) is 19.5. The summed E-state index contributed by atoms with van der Waals surface area (Å²) in [5, 5.41) is 12.4. The fourth-order valence-corrected chi connectivity index (χ4v) is 3.73. The van der Waals surface area contributed by atoms with Gasteiger partial charge >= 0.3 is 0 Å². The molecule has 5 nitrogen and oxygen atoms in total. The summed E-state index contributed by atoms with van der Waals surface area (Å²) in [6.07, 6.45) is 1.81. The largest absolute Gasteiger partial charge is 0.489 e. The van der Waals surface area contributed by atoms with Crippen molar-refractivity contribution in [3.8, 4) is 5.75 Å². The van der Waals surface area contributed by atoms with Crippen LogP contribution < -0.4 is 15.8 Å². The minimum atomic E-state index is -0.195. The molecule has 3 aromatic carbocycles. The van der Waals surface area contributed by atoms with E-state index in [9.17, 15) is 0 Å². The van der Waals surface area contributed by atoms with Crippen LogP contribution in [0.1, 0.15) is 22.7 Å². The van der Waals surface area contributed by atoms with Crippen molar-refractivity contribution in [1.82, 2.24) is 10.2 Å². The zero-order valence-corrected chi connectivity index (χ0v) is 19.5. The van der Waals surface area contributed by atoms with Crippen molar-refractivity contribution in [2.75, 3.05) is 26.9 Å². The van der Waals surface area contributed by atoms with Crippen LogP contribution in [0.25, 0.3) is 0 Å². The highest BCUT2D eigenvalue weighted by atomic mass is 16.5. The Labute approximate surface area is 196 Å². The number of hydrogen-bond donors (Lipinski definition) is 3. The van der Waals surface area contributed by atoms with E-state index in [1.165, 1.54) is 0 Å². The maximum atomic E-state index is 9.01. The Morgan fingerprint density at radius 1 is 1.03 bits per heavy atom. The van der Waals surface area contributed by atoms with Gasteiger partial charge in [-0.15, -0.1) is 0 Å². The fourth-order valence-electron chi connectivity index (χ4n) is 3.73. The summed E-state index contributed by atoms with van der Waals surface area (Å²) in [6.45, 7) is 4.48. The number of nitrogens with one attached hydrogen (secondary N) is 2. The van der Waals surface area contributed by atoms with Crippen LogP contribution in [0.2, 0.25) is 0 Å². The average Bonchev–Trinajstić information content (AvgIpc) is 2.84. The number of likely N-dealkylation sites (N-methyl/N-ethyl adjacent to an activating group) is 2. The number of anilines is 1. The van der Waals surface area contributed by atoms with Crippen molar-refractivity contribution in [3.05, 3.63) is 119 Å². The van der Waals surface area contributed by atoms with Gasteiger partial charge in [0, 0.05) is 31.1 Å². The average molecular weight is 441 g/mol. The number of nitrogens with zero attached hydrogens (tertiary/aromatic N) is 1. The molecule has 0 radical (unpaired) electrons. The van der Waals surface area contributed by atoms with Gasteiger partial charge in [0.1, 0.15) is 12.4 Å². The minimum absolute atomic E-state index is 0.195. The third kappa shape index (κ3) is 5.90. The fraction of sp³-hybridized carbons (Fsp3) is 0.179. The summed E-state index contributed by atoms with van der Waals surface area (Å²) in [5.41, 5.74) is 11.7. The Morgan fingerprint density at radius 3 is 2.21 bits per heavy atom. The third-order valence-corrected chi connectivity index (χ3v) is 5.46. The van der Waals surface area contributed by atoms with Crippen molar-refractivity contribution in [1.29, 1.82) is 5.41 Å². The van der Waals surface area contributed by atoms with Crippen molar-refractivity contribution in [3.63, 3.8) is 0 Å². The van der Waals surface area contributed by atoms with Crippen LogP contribution in [0, 0.1) is 5.41 Å². The van der Waals surface area contributed by atoms with Gasteiger partial charge in [0.15, 0.2) is 0 Å². The van der Waals surface area contributed by atoms with Gasteiger partial charge in [0.2, 0.25) is 0 Å². The highest BCUT2D eigenvalue weighted by molar-refractivity contribution is 6.12. The normalized spacial score (nSPS) is 12.5. The Kier molecular flexibility index (Phi) is 8.06. The molecule has 4 N–H and O–H groups in total. The van der Waals surface area contributed by atoms with Crippen molar-refractivity contribution >= 4 is 11.4 Å². The molecule has 0 aliphatic heterocycles. The van der Waals surface area contributed by atoms with Crippen LogP contribution in [0.4, 0.5) is 5.69 Å². The predicted molar refractivity (Wildman–Crippen MR) is 138 cm³/mol. The standard InChI is InChI=1S/C28H32N4O/c1-5-25(32(3)4)26(27(30)21-9-7-6-8-10-21)28(31-2)22-13-17-24(18-14-22)33-19-20-11-15-23(29)16-12-20/h5-18,28,30-31H,1,19,29H2,2-4H3/b26-25+,30-27?. The molecular formula is C28H32N4O. The lowest BCUT2D eigenvalue weighted by atomic mass is 9.89. The molecule has 0 aliphatic rings. The smallest absolute Gasteiger partial charge is 0.119 e. The van der Waals surface area contributed by atoms with E-state index in [1.807, 2.05) is 105 Å². The lowest BCUT2D eigenvalue weighted by Gasteiger charge is -2.27. The first-order chi connectivity index (χ1) is 15.9. The topological polar surface area (TPSA) is 74.4 Å². The van der Waals surface area contributed by atoms with E-state index in [-0.39, 0.29) is 6.04 Å². The second kappa shape index (κ2) is 11.2. The highest BCUT2D eigenvalue weighted by Crippen LogP contribution is 2.30. The maximum absolute atomic E-state index is 9.01. The summed E-state index contributed by atoms with van der Waals surface area (Å²) < 4.78 is 5.94. The van der Waals surface area contributed by atoms with Gasteiger partial charge in [-0.25, -0.2) is 0 Å². The number of ether oxygens (including phenoxy) is 1. The molecule has 0 aromatic heterocycles. The van der Waals surface area contributed by atoms with Crippen molar-refractivity contribution < 1.29 is 4.74 Å². The number of allylic oxidation sites excluding steroid dienone is 1. The Bertz CT molecular complexity index is 1100. The maximum Gasteiger partial charge on any atom is 0.119 e. The van der Waals surface area contributed by atoms with Gasteiger partial charge in [0.05, 0.1) is 11.8 Å².